The second kappa shape index (κ2) is 7.81. The van der Waals surface area contributed by atoms with Crippen LogP contribution in [0.5, 0.6) is 5.75 Å². The van der Waals surface area contributed by atoms with Gasteiger partial charge in [0.2, 0.25) is 0 Å². The molecule has 2 rings (SSSR count). The molecule has 5 heteroatoms. The Labute approximate surface area is 132 Å². The van der Waals surface area contributed by atoms with Crippen LogP contribution in [0.25, 0.3) is 0 Å². The largest absolute Gasteiger partial charge is 0.491 e. The maximum Gasteiger partial charge on any atom is 0.122 e. The fraction of sp³-hybridized carbons (Fsp3) is 0.188. The van der Waals surface area contributed by atoms with Crippen molar-refractivity contribution in [1.29, 1.82) is 5.41 Å². The number of ether oxygens (including phenoxy) is 2. The van der Waals surface area contributed by atoms with Gasteiger partial charge in [-0.25, -0.2) is 0 Å². The van der Waals surface area contributed by atoms with Crippen molar-refractivity contribution < 1.29 is 9.47 Å². The monoisotopic (exact) mass is 348 g/mol. The topological polar surface area (TPSA) is 68.3 Å². The van der Waals surface area contributed by atoms with Crippen LogP contribution in [0.1, 0.15) is 11.1 Å². The van der Waals surface area contributed by atoms with E-state index in [9.17, 15) is 0 Å². The summed E-state index contributed by atoms with van der Waals surface area (Å²) in [6, 6.07) is 15.1. The first-order valence-corrected chi connectivity index (χ1v) is 7.34. The Hall–Kier alpha value is -1.85. The van der Waals surface area contributed by atoms with Crippen molar-refractivity contribution in [3.63, 3.8) is 0 Å². The number of rotatable bonds is 7. The first-order valence-electron chi connectivity index (χ1n) is 6.54. The minimum absolute atomic E-state index is 0.0550. The zero-order valence-electron chi connectivity index (χ0n) is 11.5. The number of halogens is 1. The van der Waals surface area contributed by atoms with E-state index in [-0.39, 0.29) is 5.84 Å². The van der Waals surface area contributed by atoms with Gasteiger partial charge in [-0.2, -0.15) is 0 Å². The van der Waals surface area contributed by atoms with E-state index in [2.05, 4.69) is 15.9 Å². The van der Waals surface area contributed by atoms with E-state index < -0.39 is 0 Å². The highest BCUT2D eigenvalue weighted by molar-refractivity contribution is 9.10. The SMILES string of the molecule is N=C(N)c1ccc(OCCOCc2ccc(Br)cc2)cc1. The van der Waals surface area contributed by atoms with Gasteiger partial charge in [0, 0.05) is 10.0 Å². The molecule has 0 radical (unpaired) electrons. The first kappa shape index (κ1) is 15.5. The third-order valence-corrected chi connectivity index (χ3v) is 3.37. The first-order chi connectivity index (χ1) is 10.1. The summed E-state index contributed by atoms with van der Waals surface area (Å²) in [6.45, 7) is 1.57. The standard InChI is InChI=1S/C16H17BrN2O2/c17-14-5-1-12(2-6-14)11-20-9-10-21-15-7-3-13(4-8-15)16(18)19/h1-8H,9-11H2,(H3,18,19). The lowest BCUT2D eigenvalue weighted by atomic mass is 10.2. The summed E-state index contributed by atoms with van der Waals surface area (Å²) >= 11 is 3.40. The van der Waals surface area contributed by atoms with Crippen LogP contribution >= 0.6 is 15.9 Å². The second-order valence-electron chi connectivity index (χ2n) is 4.47. The molecule has 0 aliphatic heterocycles. The highest BCUT2D eigenvalue weighted by Crippen LogP contribution is 2.12. The predicted octanol–water partition coefficient (Wildman–Crippen LogP) is 3.33. The molecular formula is C16H17BrN2O2. The van der Waals surface area contributed by atoms with Gasteiger partial charge in [-0.1, -0.05) is 28.1 Å². The Balaban J connectivity index is 1.67. The summed E-state index contributed by atoms with van der Waals surface area (Å²) in [5.41, 5.74) is 7.21. The van der Waals surface area contributed by atoms with Gasteiger partial charge in [-0.3, -0.25) is 5.41 Å². The molecule has 0 spiro atoms. The van der Waals surface area contributed by atoms with Gasteiger partial charge in [0.15, 0.2) is 0 Å². The van der Waals surface area contributed by atoms with Crippen molar-refractivity contribution in [2.45, 2.75) is 6.61 Å². The summed E-state index contributed by atoms with van der Waals surface area (Å²) in [7, 11) is 0. The van der Waals surface area contributed by atoms with E-state index in [1.54, 1.807) is 24.3 Å². The van der Waals surface area contributed by atoms with Gasteiger partial charge in [0.1, 0.15) is 18.2 Å². The van der Waals surface area contributed by atoms with Gasteiger partial charge >= 0.3 is 0 Å². The van der Waals surface area contributed by atoms with E-state index in [4.69, 9.17) is 20.6 Å². The number of nitrogens with one attached hydrogen (secondary N) is 1. The van der Waals surface area contributed by atoms with E-state index in [1.807, 2.05) is 24.3 Å². The molecule has 21 heavy (non-hydrogen) atoms. The average Bonchev–Trinajstić information content (AvgIpc) is 2.49. The molecule has 0 unspecified atom stereocenters. The van der Waals surface area contributed by atoms with Crippen LogP contribution in [0, 0.1) is 5.41 Å². The van der Waals surface area contributed by atoms with Gasteiger partial charge in [0.25, 0.3) is 0 Å². The molecule has 3 N–H and O–H groups in total. The van der Waals surface area contributed by atoms with Crippen molar-refractivity contribution in [1.82, 2.24) is 0 Å². The lowest BCUT2D eigenvalue weighted by Crippen LogP contribution is -2.11. The fourth-order valence-corrected chi connectivity index (χ4v) is 1.98. The number of benzene rings is 2. The third-order valence-electron chi connectivity index (χ3n) is 2.84. The van der Waals surface area contributed by atoms with Gasteiger partial charge < -0.3 is 15.2 Å². The summed E-state index contributed by atoms with van der Waals surface area (Å²) in [5.74, 6) is 0.798. The van der Waals surface area contributed by atoms with Crippen LogP contribution < -0.4 is 10.5 Å². The van der Waals surface area contributed by atoms with Crippen LogP contribution in [-0.4, -0.2) is 19.0 Å². The lowest BCUT2D eigenvalue weighted by Gasteiger charge is -2.08. The van der Waals surface area contributed by atoms with Crippen molar-refractivity contribution >= 4 is 21.8 Å². The highest BCUT2D eigenvalue weighted by Gasteiger charge is 1.98. The Bertz CT molecular complexity index is 582. The molecular weight excluding hydrogens is 332 g/mol. The zero-order valence-corrected chi connectivity index (χ0v) is 13.1. The summed E-state index contributed by atoms with van der Waals surface area (Å²) < 4.78 is 12.2. The van der Waals surface area contributed by atoms with E-state index in [0.29, 0.717) is 25.4 Å². The molecule has 0 aromatic heterocycles. The molecule has 0 aliphatic rings. The maximum absolute atomic E-state index is 7.31. The van der Waals surface area contributed by atoms with Crippen LogP contribution in [-0.2, 0) is 11.3 Å². The van der Waals surface area contributed by atoms with Crippen molar-refractivity contribution in [2.75, 3.05) is 13.2 Å². The van der Waals surface area contributed by atoms with Crippen molar-refractivity contribution in [2.24, 2.45) is 5.73 Å². The summed E-state index contributed by atoms with van der Waals surface area (Å²) in [5, 5.41) is 7.31. The van der Waals surface area contributed by atoms with Crippen molar-refractivity contribution in [3.05, 3.63) is 64.1 Å². The highest BCUT2D eigenvalue weighted by atomic mass is 79.9. The Morgan fingerprint density at radius 3 is 2.29 bits per heavy atom. The number of nitrogen functional groups attached to an aromatic ring is 1. The Kier molecular flexibility index (Phi) is 5.78. The normalized spacial score (nSPS) is 10.3. The smallest absolute Gasteiger partial charge is 0.122 e. The number of nitrogens with two attached hydrogens (primary N) is 1. The number of hydrogen-bond donors (Lipinski definition) is 2. The Morgan fingerprint density at radius 1 is 1.00 bits per heavy atom. The Morgan fingerprint density at radius 2 is 1.67 bits per heavy atom. The maximum atomic E-state index is 7.31. The van der Waals surface area contributed by atoms with Gasteiger partial charge in [-0.15, -0.1) is 0 Å². The van der Waals surface area contributed by atoms with Gasteiger partial charge in [0.05, 0.1) is 13.2 Å². The molecule has 0 saturated carbocycles. The molecule has 0 fully saturated rings. The average molecular weight is 349 g/mol. The second-order valence-corrected chi connectivity index (χ2v) is 5.38. The zero-order chi connectivity index (χ0) is 15.1. The molecule has 0 aliphatic carbocycles. The van der Waals surface area contributed by atoms with Crippen LogP contribution in [0.4, 0.5) is 0 Å². The minimum Gasteiger partial charge on any atom is -0.491 e. The van der Waals surface area contributed by atoms with Crippen molar-refractivity contribution in [3.8, 4) is 5.75 Å². The van der Waals surface area contributed by atoms with Crippen LogP contribution in [0.2, 0.25) is 0 Å². The third kappa shape index (κ3) is 5.21. The molecule has 110 valence electrons. The molecule has 2 aromatic rings. The quantitative estimate of drug-likeness (QED) is 0.458. The molecule has 0 saturated heterocycles. The van der Waals surface area contributed by atoms with E-state index in [1.165, 1.54) is 0 Å². The lowest BCUT2D eigenvalue weighted by molar-refractivity contribution is 0.0889. The van der Waals surface area contributed by atoms with E-state index >= 15 is 0 Å². The summed E-state index contributed by atoms with van der Waals surface area (Å²) in [6.07, 6.45) is 0. The molecule has 0 atom stereocenters. The molecule has 0 heterocycles. The van der Waals surface area contributed by atoms with Crippen LogP contribution in [0.3, 0.4) is 0 Å². The van der Waals surface area contributed by atoms with E-state index in [0.717, 1.165) is 15.8 Å². The van der Waals surface area contributed by atoms with Crippen LogP contribution in [0.15, 0.2) is 53.0 Å². The molecule has 4 nitrogen and oxygen atoms in total. The summed E-state index contributed by atoms with van der Waals surface area (Å²) in [4.78, 5) is 0. The molecule has 2 aromatic carbocycles. The number of hydrogen-bond acceptors (Lipinski definition) is 3. The molecule has 0 amide bonds. The molecule has 0 bridgehead atoms. The van der Waals surface area contributed by atoms with Gasteiger partial charge in [-0.05, 0) is 42.0 Å². The number of amidine groups is 1. The predicted molar refractivity (Wildman–Crippen MR) is 86.8 cm³/mol. The minimum atomic E-state index is 0.0550. The fourth-order valence-electron chi connectivity index (χ4n) is 1.72.